The summed E-state index contributed by atoms with van der Waals surface area (Å²) in [4.78, 5) is 0. The van der Waals surface area contributed by atoms with E-state index in [1.165, 1.54) is 4.58 Å². The second kappa shape index (κ2) is 8.98. The average molecular weight is 128 g/mol. The lowest BCUT2D eigenvalue weighted by Gasteiger charge is -1.62. The second-order valence-electron chi connectivity index (χ2n) is 0.894. The van der Waals surface area contributed by atoms with E-state index in [4.69, 9.17) is 6.72 Å². The Hall–Kier alpha value is 0.250. The molecule has 0 saturated heterocycles. The third kappa shape index (κ3) is 718. The SMILES string of the molecule is Cl.[C]=[N+](C)C.[Cl-]. The summed E-state index contributed by atoms with van der Waals surface area (Å²) in [5.41, 5.74) is 0. The summed E-state index contributed by atoms with van der Waals surface area (Å²) in [5.74, 6) is 0. The van der Waals surface area contributed by atoms with E-state index >= 15 is 0 Å². The molecule has 0 spiro atoms. The first-order valence-corrected chi connectivity index (χ1v) is 1.12. The molecular formula is C3H7Cl2N. The van der Waals surface area contributed by atoms with E-state index in [2.05, 4.69) is 0 Å². The van der Waals surface area contributed by atoms with E-state index in [-0.39, 0.29) is 24.8 Å². The van der Waals surface area contributed by atoms with Crippen LogP contribution in [0.15, 0.2) is 0 Å². The Morgan fingerprint density at radius 3 is 1.33 bits per heavy atom. The monoisotopic (exact) mass is 127 g/mol. The molecule has 0 unspecified atom stereocenters. The second-order valence-corrected chi connectivity index (χ2v) is 0.894. The van der Waals surface area contributed by atoms with Gasteiger partial charge in [0.05, 0.1) is 0 Å². The van der Waals surface area contributed by atoms with E-state index in [0.717, 1.165) is 0 Å². The summed E-state index contributed by atoms with van der Waals surface area (Å²) in [6, 6.07) is 0. The van der Waals surface area contributed by atoms with Crippen molar-refractivity contribution in [1.82, 2.24) is 0 Å². The molecule has 3 heteroatoms. The van der Waals surface area contributed by atoms with Crippen molar-refractivity contribution in [3.8, 4) is 0 Å². The first-order valence-electron chi connectivity index (χ1n) is 1.12. The van der Waals surface area contributed by atoms with Gasteiger partial charge >= 0.3 is 6.72 Å². The Morgan fingerprint density at radius 1 is 1.33 bits per heavy atom. The van der Waals surface area contributed by atoms with Crippen LogP contribution >= 0.6 is 12.4 Å². The van der Waals surface area contributed by atoms with Gasteiger partial charge in [-0.25, -0.2) is 4.58 Å². The molecule has 0 amide bonds. The summed E-state index contributed by atoms with van der Waals surface area (Å²) in [6.45, 7) is 6.42. The summed E-state index contributed by atoms with van der Waals surface area (Å²) in [7, 11) is 3.33. The summed E-state index contributed by atoms with van der Waals surface area (Å²) >= 11 is 0. The number of rotatable bonds is 0. The van der Waals surface area contributed by atoms with Gasteiger partial charge in [-0.1, -0.05) is 0 Å². The lowest BCUT2D eigenvalue weighted by atomic mass is 11.1. The highest BCUT2D eigenvalue weighted by molar-refractivity contribution is 5.85. The molecule has 38 valence electrons. The summed E-state index contributed by atoms with van der Waals surface area (Å²) in [5, 5.41) is 0. The van der Waals surface area contributed by atoms with Crippen LogP contribution in [0.4, 0.5) is 0 Å². The van der Waals surface area contributed by atoms with Crippen LogP contribution < -0.4 is 12.4 Å². The first-order chi connectivity index (χ1) is 1.73. The number of hydrogen-bond acceptors (Lipinski definition) is 0. The van der Waals surface area contributed by atoms with Gasteiger partial charge in [-0.2, -0.15) is 0 Å². The van der Waals surface area contributed by atoms with Gasteiger partial charge < -0.3 is 12.4 Å². The van der Waals surface area contributed by atoms with Crippen molar-refractivity contribution < 1.29 is 17.0 Å². The molecule has 0 aromatic carbocycles. The average Bonchev–Trinajstić information content (AvgIpc) is 0.811. The van der Waals surface area contributed by atoms with E-state index in [1.54, 1.807) is 14.1 Å². The molecule has 0 aromatic heterocycles. The van der Waals surface area contributed by atoms with Gasteiger partial charge in [-0.15, -0.1) is 12.4 Å². The Balaban J connectivity index is -0.0000000450. The Bertz CT molecular complexity index is 31.8. The Morgan fingerprint density at radius 2 is 1.33 bits per heavy atom. The molecule has 0 fully saturated rings. The lowest BCUT2D eigenvalue weighted by molar-refractivity contribution is -0.454. The van der Waals surface area contributed by atoms with Crippen molar-refractivity contribution >= 4 is 19.1 Å². The lowest BCUT2D eigenvalue weighted by Crippen LogP contribution is -3.00. The molecule has 0 rings (SSSR count). The highest BCUT2D eigenvalue weighted by Gasteiger charge is 1.58. The van der Waals surface area contributed by atoms with E-state index < -0.39 is 0 Å². The Labute approximate surface area is 50.9 Å². The Kier molecular flexibility index (Phi) is 24.4. The van der Waals surface area contributed by atoms with Crippen LogP contribution in [0, 0.1) is 0 Å². The van der Waals surface area contributed by atoms with E-state index in [0.29, 0.717) is 0 Å². The molecule has 1 nitrogen and oxygen atoms in total. The van der Waals surface area contributed by atoms with Crippen LogP contribution in [-0.2, 0) is 0 Å². The van der Waals surface area contributed by atoms with Crippen molar-refractivity contribution in [3.63, 3.8) is 0 Å². The zero-order valence-electron chi connectivity index (χ0n) is 3.73. The van der Waals surface area contributed by atoms with E-state index in [9.17, 15) is 0 Å². The molecule has 0 heterocycles. The van der Waals surface area contributed by atoms with Crippen molar-refractivity contribution in [1.29, 1.82) is 0 Å². The van der Waals surface area contributed by atoms with Crippen molar-refractivity contribution in [2.24, 2.45) is 0 Å². The van der Waals surface area contributed by atoms with Gasteiger partial charge in [0, 0.05) is 0 Å². The van der Waals surface area contributed by atoms with Crippen LogP contribution in [0.1, 0.15) is 0 Å². The third-order valence-corrected chi connectivity index (χ3v) is 0. The number of halogens is 2. The zero-order chi connectivity index (χ0) is 3.58. The number of nitrogens with zero attached hydrogens (tertiary/aromatic N) is 1. The van der Waals surface area contributed by atoms with Gasteiger partial charge in [-0.05, 0) is 0 Å². The molecular weight excluding hydrogens is 121 g/mol. The van der Waals surface area contributed by atoms with Crippen molar-refractivity contribution in [2.75, 3.05) is 14.1 Å². The topological polar surface area (TPSA) is 3.01 Å². The minimum absolute atomic E-state index is 0. The van der Waals surface area contributed by atoms with Gasteiger partial charge in [0.1, 0.15) is 14.1 Å². The molecule has 0 saturated carbocycles. The predicted molar refractivity (Wildman–Crippen MR) is 24.4 cm³/mol. The van der Waals surface area contributed by atoms with Crippen LogP contribution in [0.3, 0.4) is 0 Å². The first kappa shape index (κ1) is 16.3. The zero-order valence-corrected chi connectivity index (χ0v) is 5.31. The third-order valence-electron chi connectivity index (χ3n) is 0. The van der Waals surface area contributed by atoms with Gasteiger partial charge in [0.25, 0.3) is 0 Å². The fourth-order valence-corrected chi connectivity index (χ4v) is 0. The highest BCUT2D eigenvalue weighted by atomic mass is 35.5. The maximum absolute atomic E-state index is 6.42. The minimum Gasteiger partial charge on any atom is -1.00 e. The molecule has 0 aliphatic carbocycles. The van der Waals surface area contributed by atoms with Crippen LogP contribution in [-0.4, -0.2) is 25.4 Å². The van der Waals surface area contributed by atoms with Gasteiger partial charge in [0.2, 0.25) is 0 Å². The summed E-state index contributed by atoms with van der Waals surface area (Å²) in [6.07, 6.45) is 0. The van der Waals surface area contributed by atoms with Crippen molar-refractivity contribution in [2.45, 2.75) is 0 Å². The van der Waals surface area contributed by atoms with E-state index in [1.807, 2.05) is 0 Å². The van der Waals surface area contributed by atoms with Gasteiger partial charge in [-0.3, -0.25) is 0 Å². The van der Waals surface area contributed by atoms with Crippen LogP contribution in [0.2, 0.25) is 0 Å². The van der Waals surface area contributed by atoms with Crippen LogP contribution in [0.25, 0.3) is 0 Å². The minimum atomic E-state index is 0. The quantitative estimate of drug-likeness (QED) is 0.244. The molecule has 0 aromatic rings. The molecule has 0 bridgehead atoms. The largest absolute Gasteiger partial charge is 1.00 e. The smallest absolute Gasteiger partial charge is 0.357 e. The standard InChI is InChI=1S/C3H6N.2ClH/c1-4(2)3;;/h1-2H3;2*1H/q+1;;/p-1. The van der Waals surface area contributed by atoms with Gasteiger partial charge in [0.15, 0.2) is 0 Å². The molecule has 0 N–H and O–H groups in total. The molecule has 0 aliphatic rings. The predicted octanol–water partition coefficient (Wildman–Crippen LogP) is -2.86. The molecule has 2 radical (unpaired) electrons. The normalized spacial score (nSPS) is 4.33. The fraction of sp³-hybridized carbons (Fsp3) is 0.667. The maximum Gasteiger partial charge on any atom is 0.357 e. The van der Waals surface area contributed by atoms with Crippen molar-refractivity contribution in [3.05, 3.63) is 0 Å². The fourth-order valence-electron chi connectivity index (χ4n) is 0. The van der Waals surface area contributed by atoms with Crippen LogP contribution in [0.5, 0.6) is 0 Å². The molecule has 0 atom stereocenters. The molecule has 0 aliphatic heterocycles. The number of hydrogen-bond donors (Lipinski definition) is 0. The maximum atomic E-state index is 6.42. The summed E-state index contributed by atoms with van der Waals surface area (Å²) < 4.78 is 1.25. The molecule has 6 heavy (non-hydrogen) atoms. The highest BCUT2D eigenvalue weighted by Crippen LogP contribution is 1.30.